The average molecular weight is 302 g/mol. The Labute approximate surface area is 120 Å². The Hall–Kier alpha value is -1.79. The highest BCUT2D eigenvalue weighted by molar-refractivity contribution is 5.67. The summed E-state index contributed by atoms with van der Waals surface area (Å²) in [5.74, 6) is -1.31. The van der Waals surface area contributed by atoms with Gasteiger partial charge in [-0.25, -0.2) is 4.79 Å². The molecule has 1 aromatic rings. The predicted molar refractivity (Wildman–Crippen MR) is 69.6 cm³/mol. The fourth-order valence-corrected chi connectivity index (χ4v) is 2.28. The van der Waals surface area contributed by atoms with Gasteiger partial charge in [-0.2, -0.15) is 13.2 Å². The molecule has 7 heteroatoms. The molecule has 1 aliphatic heterocycles. The molecule has 1 aromatic heterocycles. The van der Waals surface area contributed by atoms with Gasteiger partial charge in [-0.1, -0.05) is 6.07 Å². The number of piperidine rings is 1. The molecular weight excluding hydrogens is 285 g/mol. The molecule has 21 heavy (non-hydrogen) atoms. The lowest BCUT2D eigenvalue weighted by molar-refractivity contribution is -0.184. The second-order valence-corrected chi connectivity index (χ2v) is 5.03. The van der Waals surface area contributed by atoms with Crippen molar-refractivity contribution in [1.29, 1.82) is 0 Å². The third-order valence-electron chi connectivity index (χ3n) is 3.56. The first kappa shape index (κ1) is 15.6. The number of rotatable bonds is 3. The molecule has 4 nitrogen and oxygen atoms in total. The lowest BCUT2D eigenvalue weighted by Gasteiger charge is -2.32. The van der Waals surface area contributed by atoms with Gasteiger partial charge in [-0.15, -0.1) is 0 Å². The van der Waals surface area contributed by atoms with E-state index in [0.29, 0.717) is 6.42 Å². The van der Waals surface area contributed by atoms with E-state index in [1.54, 1.807) is 18.5 Å². The van der Waals surface area contributed by atoms with Crippen molar-refractivity contribution in [2.24, 2.45) is 5.92 Å². The number of carbonyl (C=O) groups excluding carboxylic acids is 1. The van der Waals surface area contributed by atoms with E-state index in [1.807, 2.05) is 6.07 Å². The summed E-state index contributed by atoms with van der Waals surface area (Å²) in [7, 11) is 0. The van der Waals surface area contributed by atoms with E-state index in [0.717, 1.165) is 5.56 Å². The maximum atomic E-state index is 12.5. The summed E-state index contributed by atoms with van der Waals surface area (Å²) in [6.07, 6.45) is -0.945. The van der Waals surface area contributed by atoms with Crippen molar-refractivity contribution in [3.05, 3.63) is 30.1 Å². The highest BCUT2D eigenvalue weighted by Gasteiger charge is 2.41. The smallest absolute Gasteiger partial charge is 0.409 e. The summed E-state index contributed by atoms with van der Waals surface area (Å²) in [6, 6.07) is 3.66. The van der Waals surface area contributed by atoms with Crippen molar-refractivity contribution < 1.29 is 22.7 Å². The summed E-state index contributed by atoms with van der Waals surface area (Å²) < 4.78 is 42.6. The molecule has 2 rings (SSSR count). The van der Waals surface area contributed by atoms with Gasteiger partial charge >= 0.3 is 12.3 Å². The average Bonchev–Trinajstić information content (AvgIpc) is 2.47. The molecule has 0 spiro atoms. The van der Waals surface area contributed by atoms with Crippen LogP contribution in [0.4, 0.5) is 18.0 Å². The summed E-state index contributed by atoms with van der Waals surface area (Å²) in [6.45, 7) is 0.384. The van der Waals surface area contributed by atoms with E-state index < -0.39 is 18.2 Å². The van der Waals surface area contributed by atoms with Crippen LogP contribution in [0, 0.1) is 5.92 Å². The summed E-state index contributed by atoms with van der Waals surface area (Å²) in [4.78, 5) is 17.0. The number of pyridine rings is 1. The molecular formula is C14H17F3N2O2. The molecule has 1 amide bonds. The fraction of sp³-hybridized carbons (Fsp3) is 0.571. The molecule has 1 saturated heterocycles. The molecule has 0 N–H and O–H groups in total. The fourth-order valence-electron chi connectivity index (χ4n) is 2.28. The Morgan fingerprint density at radius 1 is 1.38 bits per heavy atom. The molecule has 0 radical (unpaired) electrons. The number of hydrogen-bond acceptors (Lipinski definition) is 3. The van der Waals surface area contributed by atoms with Crippen LogP contribution in [0.25, 0.3) is 0 Å². The number of alkyl halides is 3. The van der Waals surface area contributed by atoms with Gasteiger partial charge in [0.05, 0.1) is 12.5 Å². The number of nitrogens with zero attached hydrogens (tertiary/aromatic N) is 2. The van der Waals surface area contributed by atoms with Gasteiger partial charge in [0.25, 0.3) is 0 Å². The largest absolute Gasteiger partial charge is 0.449 e. The zero-order valence-corrected chi connectivity index (χ0v) is 11.5. The zero-order chi connectivity index (χ0) is 15.3. The lowest BCUT2D eigenvalue weighted by atomic mass is 9.97. The molecule has 0 unspecified atom stereocenters. The van der Waals surface area contributed by atoms with Crippen molar-refractivity contribution in [3.63, 3.8) is 0 Å². The van der Waals surface area contributed by atoms with Crippen LogP contribution in [0.15, 0.2) is 24.5 Å². The minimum Gasteiger partial charge on any atom is -0.449 e. The van der Waals surface area contributed by atoms with Gasteiger partial charge in [-0.05, 0) is 24.5 Å². The van der Waals surface area contributed by atoms with Gasteiger partial charge in [0, 0.05) is 31.9 Å². The lowest BCUT2D eigenvalue weighted by Crippen LogP contribution is -2.42. The van der Waals surface area contributed by atoms with Gasteiger partial charge < -0.3 is 9.64 Å². The quantitative estimate of drug-likeness (QED) is 0.862. The van der Waals surface area contributed by atoms with Crippen LogP contribution >= 0.6 is 0 Å². The van der Waals surface area contributed by atoms with E-state index in [-0.39, 0.29) is 32.5 Å². The first-order valence-electron chi connectivity index (χ1n) is 6.84. The summed E-state index contributed by atoms with van der Waals surface area (Å²) >= 11 is 0. The number of hydrogen-bond donors (Lipinski definition) is 0. The number of likely N-dealkylation sites (tertiary alicyclic amines) is 1. The van der Waals surface area contributed by atoms with E-state index in [4.69, 9.17) is 4.74 Å². The number of aromatic nitrogens is 1. The van der Waals surface area contributed by atoms with Crippen LogP contribution in [-0.2, 0) is 11.2 Å². The topological polar surface area (TPSA) is 42.4 Å². The molecule has 1 fully saturated rings. The maximum absolute atomic E-state index is 12.5. The van der Waals surface area contributed by atoms with Crippen molar-refractivity contribution in [2.75, 3.05) is 19.7 Å². The van der Waals surface area contributed by atoms with Crippen molar-refractivity contribution in [2.45, 2.75) is 25.4 Å². The van der Waals surface area contributed by atoms with E-state index in [9.17, 15) is 18.0 Å². The molecule has 116 valence electrons. The standard InChI is InChI=1S/C14H17F3N2O2/c15-14(16,17)12-3-7-19(8-4-12)13(20)21-9-5-11-2-1-6-18-10-11/h1-2,6,10,12H,3-5,7-9H2. The van der Waals surface area contributed by atoms with Crippen LogP contribution in [0.2, 0.25) is 0 Å². The molecule has 0 saturated carbocycles. The Morgan fingerprint density at radius 3 is 2.67 bits per heavy atom. The minimum absolute atomic E-state index is 0.0544. The monoisotopic (exact) mass is 302 g/mol. The first-order valence-corrected chi connectivity index (χ1v) is 6.84. The molecule has 0 atom stereocenters. The Balaban J connectivity index is 1.70. The van der Waals surface area contributed by atoms with Gasteiger partial charge in [0.1, 0.15) is 0 Å². The predicted octanol–water partition coefficient (Wildman–Crippen LogP) is 3.04. The molecule has 2 heterocycles. The highest BCUT2D eigenvalue weighted by atomic mass is 19.4. The van der Waals surface area contributed by atoms with Crippen molar-refractivity contribution in [3.8, 4) is 0 Å². The molecule has 0 aliphatic carbocycles. The number of amides is 1. The molecule has 1 aliphatic rings. The van der Waals surface area contributed by atoms with E-state index >= 15 is 0 Å². The zero-order valence-electron chi connectivity index (χ0n) is 11.5. The molecule has 0 aromatic carbocycles. The summed E-state index contributed by atoms with van der Waals surface area (Å²) in [5.41, 5.74) is 0.945. The SMILES string of the molecule is O=C(OCCc1cccnc1)N1CCC(C(F)(F)F)CC1. The van der Waals surface area contributed by atoms with Crippen LogP contribution in [0.3, 0.4) is 0 Å². The van der Waals surface area contributed by atoms with E-state index in [2.05, 4.69) is 4.98 Å². The number of ether oxygens (including phenoxy) is 1. The van der Waals surface area contributed by atoms with Crippen LogP contribution in [-0.4, -0.2) is 41.8 Å². The van der Waals surface area contributed by atoms with Gasteiger partial charge in [0.15, 0.2) is 0 Å². The van der Waals surface area contributed by atoms with Crippen molar-refractivity contribution in [1.82, 2.24) is 9.88 Å². The third kappa shape index (κ3) is 4.61. The van der Waals surface area contributed by atoms with Crippen LogP contribution in [0.5, 0.6) is 0 Å². The third-order valence-corrected chi connectivity index (χ3v) is 3.56. The second kappa shape index (κ2) is 6.78. The van der Waals surface area contributed by atoms with Crippen molar-refractivity contribution >= 4 is 6.09 Å². The van der Waals surface area contributed by atoms with Crippen LogP contribution in [0.1, 0.15) is 18.4 Å². The summed E-state index contributed by atoms with van der Waals surface area (Å²) in [5, 5.41) is 0. The Morgan fingerprint density at radius 2 is 2.10 bits per heavy atom. The maximum Gasteiger partial charge on any atom is 0.409 e. The second-order valence-electron chi connectivity index (χ2n) is 5.03. The van der Waals surface area contributed by atoms with Gasteiger partial charge in [0.2, 0.25) is 0 Å². The number of carbonyl (C=O) groups is 1. The molecule has 0 bridgehead atoms. The Kier molecular flexibility index (Phi) is 5.03. The van der Waals surface area contributed by atoms with Crippen LogP contribution < -0.4 is 0 Å². The normalized spacial score (nSPS) is 16.8. The number of halogens is 3. The van der Waals surface area contributed by atoms with Gasteiger partial charge in [-0.3, -0.25) is 4.98 Å². The Bertz CT molecular complexity index is 457. The highest BCUT2D eigenvalue weighted by Crippen LogP contribution is 2.34. The first-order chi connectivity index (χ1) is 9.97. The van der Waals surface area contributed by atoms with E-state index in [1.165, 1.54) is 4.90 Å². The minimum atomic E-state index is -4.17.